The smallest absolute Gasteiger partial charge is 0.307 e. The number of benzene rings is 2. The number of carboxylic acids is 1. The van der Waals surface area contributed by atoms with Crippen LogP contribution >= 0.6 is 11.6 Å². The molecule has 0 bridgehead atoms. The zero-order chi connectivity index (χ0) is 16.4. The molecule has 0 unspecified atom stereocenters. The van der Waals surface area contributed by atoms with E-state index in [9.17, 15) is 9.59 Å². The molecule has 0 aromatic heterocycles. The molecule has 0 saturated heterocycles. The zero-order valence-electron chi connectivity index (χ0n) is 12.5. The number of aliphatic carboxylic acids is 1. The lowest BCUT2D eigenvalue weighted by Crippen LogP contribution is -2.35. The minimum absolute atomic E-state index is 0.0542. The molecule has 0 fully saturated rings. The molecule has 0 radical (unpaired) electrons. The van der Waals surface area contributed by atoms with Crippen molar-refractivity contribution in [3.8, 4) is 0 Å². The highest BCUT2D eigenvalue weighted by Gasteiger charge is 2.25. The van der Waals surface area contributed by atoms with Gasteiger partial charge in [-0.2, -0.15) is 0 Å². The molecular formula is C18H16ClNO3. The van der Waals surface area contributed by atoms with Crippen LogP contribution in [0.25, 0.3) is 0 Å². The van der Waals surface area contributed by atoms with E-state index in [0.29, 0.717) is 22.7 Å². The van der Waals surface area contributed by atoms with Crippen molar-refractivity contribution in [2.45, 2.75) is 19.3 Å². The summed E-state index contributed by atoms with van der Waals surface area (Å²) in [6.45, 7) is 0.605. The van der Waals surface area contributed by atoms with Gasteiger partial charge in [-0.05, 0) is 42.2 Å². The first-order valence-corrected chi connectivity index (χ1v) is 7.84. The number of hydrogen-bond donors (Lipinski definition) is 1. The first-order chi connectivity index (χ1) is 11.1. The molecule has 1 N–H and O–H groups in total. The van der Waals surface area contributed by atoms with Crippen LogP contribution in [0.2, 0.25) is 5.02 Å². The van der Waals surface area contributed by atoms with Crippen molar-refractivity contribution in [3.05, 3.63) is 64.2 Å². The fourth-order valence-electron chi connectivity index (χ4n) is 2.90. The third kappa shape index (κ3) is 3.22. The van der Waals surface area contributed by atoms with Gasteiger partial charge < -0.3 is 10.0 Å². The predicted octanol–water partition coefficient (Wildman–Crippen LogP) is 3.56. The third-order valence-electron chi connectivity index (χ3n) is 3.97. The Morgan fingerprint density at radius 2 is 1.96 bits per heavy atom. The van der Waals surface area contributed by atoms with E-state index >= 15 is 0 Å². The standard InChI is InChI=1S/C18H16ClNO3/c19-15-6-2-1-5-14(15)18(23)20-9-3-4-13-8-7-12(10-16(13)20)11-17(21)22/h1-2,5-8,10H,3-4,9,11H2,(H,21,22). The van der Waals surface area contributed by atoms with E-state index < -0.39 is 5.97 Å². The first-order valence-electron chi connectivity index (χ1n) is 7.46. The summed E-state index contributed by atoms with van der Waals surface area (Å²) >= 11 is 6.14. The fourth-order valence-corrected chi connectivity index (χ4v) is 3.11. The summed E-state index contributed by atoms with van der Waals surface area (Å²) in [5, 5.41) is 9.38. The molecule has 1 aliphatic heterocycles. The predicted molar refractivity (Wildman–Crippen MR) is 89.2 cm³/mol. The van der Waals surface area contributed by atoms with Crippen LogP contribution in [0, 0.1) is 0 Å². The van der Waals surface area contributed by atoms with E-state index in [1.165, 1.54) is 0 Å². The van der Waals surface area contributed by atoms with Gasteiger partial charge in [0.1, 0.15) is 0 Å². The van der Waals surface area contributed by atoms with E-state index in [1.807, 2.05) is 12.1 Å². The van der Waals surface area contributed by atoms with Crippen LogP contribution in [0.1, 0.15) is 27.9 Å². The van der Waals surface area contributed by atoms with Crippen LogP contribution in [0.4, 0.5) is 5.69 Å². The summed E-state index contributed by atoms with van der Waals surface area (Å²) < 4.78 is 0. The molecule has 0 saturated carbocycles. The van der Waals surface area contributed by atoms with Gasteiger partial charge in [0, 0.05) is 12.2 Å². The quantitative estimate of drug-likeness (QED) is 0.936. The van der Waals surface area contributed by atoms with Gasteiger partial charge in [-0.25, -0.2) is 0 Å². The SMILES string of the molecule is O=C(O)Cc1ccc2c(c1)N(C(=O)c1ccccc1Cl)CCC2. The molecule has 1 aliphatic rings. The Kier molecular flexibility index (Phi) is 4.35. The van der Waals surface area contributed by atoms with E-state index in [4.69, 9.17) is 16.7 Å². The molecule has 23 heavy (non-hydrogen) atoms. The molecule has 4 nitrogen and oxygen atoms in total. The number of rotatable bonds is 3. The topological polar surface area (TPSA) is 57.6 Å². The van der Waals surface area contributed by atoms with Crippen LogP contribution < -0.4 is 4.90 Å². The summed E-state index contributed by atoms with van der Waals surface area (Å²) in [5.41, 5.74) is 3.01. The number of amides is 1. The maximum Gasteiger partial charge on any atom is 0.307 e. The molecule has 1 amide bonds. The number of carbonyl (C=O) groups excluding carboxylic acids is 1. The zero-order valence-corrected chi connectivity index (χ0v) is 13.2. The number of aryl methyl sites for hydroxylation is 1. The molecule has 1 heterocycles. The van der Waals surface area contributed by atoms with Gasteiger partial charge in [-0.15, -0.1) is 0 Å². The highest BCUT2D eigenvalue weighted by Crippen LogP contribution is 2.31. The number of carbonyl (C=O) groups is 2. The summed E-state index contributed by atoms with van der Waals surface area (Å²) in [7, 11) is 0. The van der Waals surface area contributed by atoms with Crippen LogP contribution in [-0.2, 0) is 17.6 Å². The lowest BCUT2D eigenvalue weighted by atomic mass is 9.97. The number of fused-ring (bicyclic) bond motifs is 1. The maximum absolute atomic E-state index is 12.8. The lowest BCUT2D eigenvalue weighted by Gasteiger charge is -2.30. The van der Waals surface area contributed by atoms with Gasteiger partial charge in [0.05, 0.1) is 17.0 Å². The number of anilines is 1. The van der Waals surface area contributed by atoms with E-state index in [2.05, 4.69) is 0 Å². The van der Waals surface area contributed by atoms with Gasteiger partial charge in [0.15, 0.2) is 0 Å². The number of carboxylic acid groups (broad SMARTS) is 1. The minimum atomic E-state index is -0.885. The molecule has 2 aromatic rings. The monoisotopic (exact) mass is 329 g/mol. The largest absolute Gasteiger partial charge is 0.481 e. The molecule has 118 valence electrons. The molecule has 0 aliphatic carbocycles. The second-order valence-corrected chi connectivity index (χ2v) is 5.98. The van der Waals surface area contributed by atoms with Crippen LogP contribution in [0.5, 0.6) is 0 Å². The van der Waals surface area contributed by atoms with Gasteiger partial charge in [0.25, 0.3) is 5.91 Å². The Labute approximate surface area is 139 Å². The lowest BCUT2D eigenvalue weighted by molar-refractivity contribution is -0.136. The van der Waals surface area contributed by atoms with Crippen LogP contribution in [0.3, 0.4) is 0 Å². The van der Waals surface area contributed by atoms with E-state index in [1.54, 1.807) is 35.2 Å². The second-order valence-electron chi connectivity index (χ2n) is 5.57. The Bertz CT molecular complexity index is 773. The van der Waals surface area contributed by atoms with Crippen molar-refractivity contribution in [1.82, 2.24) is 0 Å². The highest BCUT2D eigenvalue weighted by atomic mass is 35.5. The van der Waals surface area contributed by atoms with Crippen molar-refractivity contribution in [2.24, 2.45) is 0 Å². The fraction of sp³-hybridized carbons (Fsp3) is 0.222. The van der Waals surface area contributed by atoms with Gasteiger partial charge in [0.2, 0.25) is 0 Å². The highest BCUT2D eigenvalue weighted by molar-refractivity contribution is 6.34. The van der Waals surface area contributed by atoms with Gasteiger partial charge >= 0.3 is 5.97 Å². The molecule has 0 atom stereocenters. The Balaban J connectivity index is 1.98. The normalized spacial score (nSPS) is 13.5. The Hall–Kier alpha value is -2.33. The minimum Gasteiger partial charge on any atom is -0.481 e. The van der Waals surface area contributed by atoms with Crippen LogP contribution in [-0.4, -0.2) is 23.5 Å². The molecule has 3 rings (SSSR count). The maximum atomic E-state index is 12.8. The summed E-state index contributed by atoms with van der Waals surface area (Å²) in [5.74, 6) is -1.03. The summed E-state index contributed by atoms with van der Waals surface area (Å²) in [6.07, 6.45) is 1.71. The van der Waals surface area contributed by atoms with Crippen molar-refractivity contribution in [1.29, 1.82) is 0 Å². The summed E-state index contributed by atoms with van der Waals surface area (Å²) in [4.78, 5) is 25.5. The molecule has 2 aromatic carbocycles. The van der Waals surface area contributed by atoms with Crippen molar-refractivity contribution in [2.75, 3.05) is 11.4 Å². The second kappa shape index (κ2) is 6.42. The third-order valence-corrected chi connectivity index (χ3v) is 4.30. The van der Waals surface area contributed by atoms with Crippen molar-refractivity contribution in [3.63, 3.8) is 0 Å². The molecule has 5 heteroatoms. The molecule has 0 spiro atoms. The summed E-state index contributed by atoms with van der Waals surface area (Å²) in [6, 6.07) is 12.5. The number of nitrogens with zero attached hydrogens (tertiary/aromatic N) is 1. The van der Waals surface area contributed by atoms with Gasteiger partial charge in [-0.1, -0.05) is 35.9 Å². The average Bonchev–Trinajstić information content (AvgIpc) is 2.53. The number of hydrogen-bond acceptors (Lipinski definition) is 2. The van der Waals surface area contributed by atoms with Gasteiger partial charge in [-0.3, -0.25) is 9.59 Å². The first kappa shape index (κ1) is 15.6. The average molecular weight is 330 g/mol. The molecular weight excluding hydrogens is 314 g/mol. The number of halogens is 1. The Morgan fingerprint density at radius 3 is 2.70 bits per heavy atom. The Morgan fingerprint density at radius 1 is 1.17 bits per heavy atom. The van der Waals surface area contributed by atoms with E-state index in [0.717, 1.165) is 24.1 Å². The van der Waals surface area contributed by atoms with Crippen molar-refractivity contribution < 1.29 is 14.7 Å². The van der Waals surface area contributed by atoms with E-state index in [-0.39, 0.29) is 12.3 Å². The van der Waals surface area contributed by atoms with Crippen molar-refractivity contribution >= 4 is 29.2 Å². The van der Waals surface area contributed by atoms with Crippen LogP contribution in [0.15, 0.2) is 42.5 Å².